The average molecular weight is 267 g/mol. The molecule has 0 aromatic heterocycles. The molecule has 1 rings (SSSR count). The predicted molar refractivity (Wildman–Crippen MR) is 76.5 cm³/mol. The average Bonchev–Trinajstić information content (AvgIpc) is 2.44. The Morgan fingerprint density at radius 2 is 1.89 bits per heavy atom. The minimum absolute atomic E-state index is 0.116. The van der Waals surface area contributed by atoms with Gasteiger partial charge in [-0.05, 0) is 32.0 Å². The van der Waals surface area contributed by atoms with E-state index in [0.29, 0.717) is 19.8 Å². The molecular formula is C15H25NO3. The highest BCUT2D eigenvalue weighted by atomic mass is 16.5. The molecule has 0 saturated carbocycles. The number of aliphatic hydroxyl groups is 1. The highest BCUT2D eigenvalue weighted by Crippen LogP contribution is 2.09. The summed E-state index contributed by atoms with van der Waals surface area (Å²) < 4.78 is 11.0. The maximum atomic E-state index is 9.33. The molecule has 0 aliphatic heterocycles. The number of rotatable bonds is 10. The summed E-state index contributed by atoms with van der Waals surface area (Å²) in [6.07, 6.45) is 0.780. The van der Waals surface area contributed by atoms with E-state index in [0.717, 1.165) is 18.7 Å². The van der Waals surface area contributed by atoms with Crippen LogP contribution in [0.1, 0.15) is 20.3 Å². The Morgan fingerprint density at radius 3 is 2.53 bits per heavy atom. The molecule has 19 heavy (non-hydrogen) atoms. The molecule has 0 fully saturated rings. The first kappa shape index (κ1) is 16.0. The molecule has 0 saturated heterocycles. The largest absolute Gasteiger partial charge is 0.491 e. The van der Waals surface area contributed by atoms with Crippen LogP contribution in [0.25, 0.3) is 0 Å². The highest BCUT2D eigenvalue weighted by Gasteiger charge is 2.21. The molecule has 1 aromatic carbocycles. The third-order valence-corrected chi connectivity index (χ3v) is 2.99. The normalized spacial score (nSPS) is 14.1. The summed E-state index contributed by atoms with van der Waals surface area (Å²) in [4.78, 5) is 0. The van der Waals surface area contributed by atoms with Crippen molar-refractivity contribution in [2.24, 2.45) is 0 Å². The molecule has 1 aromatic rings. The number of para-hydroxylation sites is 1. The Hall–Kier alpha value is -1.10. The molecule has 4 nitrogen and oxygen atoms in total. The van der Waals surface area contributed by atoms with Crippen molar-refractivity contribution in [2.45, 2.75) is 25.8 Å². The van der Waals surface area contributed by atoms with Gasteiger partial charge in [-0.1, -0.05) is 25.1 Å². The topological polar surface area (TPSA) is 50.7 Å². The fourth-order valence-corrected chi connectivity index (χ4v) is 1.78. The van der Waals surface area contributed by atoms with Crippen LogP contribution >= 0.6 is 0 Å². The van der Waals surface area contributed by atoms with E-state index in [1.807, 2.05) is 44.2 Å². The van der Waals surface area contributed by atoms with Gasteiger partial charge in [0.2, 0.25) is 0 Å². The Kier molecular flexibility index (Phi) is 7.48. The fraction of sp³-hybridized carbons (Fsp3) is 0.600. The van der Waals surface area contributed by atoms with Gasteiger partial charge in [0.05, 0.1) is 13.2 Å². The van der Waals surface area contributed by atoms with Crippen molar-refractivity contribution in [1.82, 2.24) is 5.32 Å². The predicted octanol–water partition coefficient (Wildman–Crippen LogP) is 1.83. The zero-order valence-corrected chi connectivity index (χ0v) is 11.9. The van der Waals surface area contributed by atoms with Crippen LogP contribution in [-0.2, 0) is 4.74 Å². The van der Waals surface area contributed by atoms with Crippen LogP contribution in [0, 0.1) is 0 Å². The van der Waals surface area contributed by atoms with Gasteiger partial charge in [0.1, 0.15) is 12.4 Å². The van der Waals surface area contributed by atoms with Gasteiger partial charge in [0.15, 0.2) is 0 Å². The summed E-state index contributed by atoms with van der Waals surface area (Å²) in [6.45, 7) is 6.70. The number of hydrogen-bond acceptors (Lipinski definition) is 4. The minimum atomic E-state index is -0.255. The van der Waals surface area contributed by atoms with E-state index in [4.69, 9.17) is 9.47 Å². The van der Waals surface area contributed by atoms with E-state index in [9.17, 15) is 5.11 Å². The van der Waals surface area contributed by atoms with E-state index in [1.165, 1.54) is 0 Å². The second kappa shape index (κ2) is 8.91. The summed E-state index contributed by atoms with van der Waals surface area (Å²) in [5.74, 6) is 0.860. The molecule has 1 atom stereocenters. The quantitative estimate of drug-likeness (QED) is 0.635. The third kappa shape index (κ3) is 6.57. The van der Waals surface area contributed by atoms with Gasteiger partial charge in [-0.2, -0.15) is 0 Å². The van der Waals surface area contributed by atoms with E-state index in [-0.39, 0.29) is 12.1 Å². The fourth-order valence-electron chi connectivity index (χ4n) is 1.78. The Labute approximate surface area is 115 Å². The van der Waals surface area contributed by atoms with Crippen LogP contribution in [-0.4, -0.2) is 43.6 Å². The number of nitrogens with one attached hydrogen (secondary N) is 1. The maximum Gasteiger partial charge on any atom is 0.119 e. The molecule has 0 radical (unpaired) electrons. The first-order chi connectivity index (χ1) is 9.20. The van der Waals surface area contributed by atoms with Gasteiger partial charge >= 0.3 is 0 Å². The van der Waals surface area contributed by atoms with Crippen molar-refractivity contribution in [2.75, 3.05) is 33.0 Å². The molecule has 0 heterocycles. The molecule has 108 valence electrons. The van der Waals surface area contributed by atoms with Crippen molar-refractivity contribution in [3.8, 4) is 5.75 Å². The summed E-state index contributed by atoms with van der Waals surface area (Å²) in [5, 5.41) is 12.6. The van der Waals surface area contributed by atoms with Crippen molar-refractivity contribution in [1.29, 1.82) is 0 Å². The van der Waals surface area contributed by atoms with Gasteiger partial charge in [-0.15, -0.1) is 0 Å². The lowest BCUT2D eigenvalue weighted by molar-refractivity contribution is 0.0695. The first-order valence-corrected chi connectivity index (χ1v) is 6.81. The smallest absolute Gasteiger partial charge is 0.119 e. The number of benzene rings is 1. The number of likely N-dealkylation sites (N-methyl/N-ethyl adjacent to an activating group) is 1. The Morgan fingerprint density at radius 1 is 1.16 bits per heavy atom. The first-order valence-electron chi connectivity index (χ1n) is 6.81. The van der Waals surface area contributed by atoms with Crippen molar-refractivity contribution >= 4 is 0 Å². The summed E-state index contributed by atoms with van der Waals surface area (Å²) in [7, 11) is 0. The van der Waals surface area contributed by atoms with Crippen LogP contribution in [0.2, 0.25) is 0 Å². The van der Waals surface area contributed by atoms with Crippen LogP contribution in [0.4, 0.5) is 0 Å². The number of hydrogen-bond donors (Lipinski definition) is 2. The Balaban J connectivity index is 2.08. The summed E-state index contributed by atoms with van der Waals surface area (Å²) in [5.41, 5.74) is -0.255. The standard InChI is InChI=1S/C15H25NO3/c1-3-16-15(2,13-17)9-10-18-11-12-19-14-7-5-4-6-8-14/h4-8,16-17H,3,9-13H2,1-2H3. The van der Waals surface area contributed by atoms with Gasteiger partial charge in [0.25, 0.3) is 0 Å². The van der Waals surface area contributed by atoms with Gasteiger partial charge < -0.3 is 19.9 Å². The summed E-state index contributed by atoms with van der Waals surface area (Å²) in [6, 6.07) is 9.69. The van der Waals surface area contributed by atoms with Crippen molar-refractivity contribution in [3.05, 3.63) is 30.3 Å². The maximum absolute atomic E-state index is 9.33. The van der Waals surface area contributed by atoms with Crippen molar-refractivity contribution in [3.63, 3.8) is 0 Å². The molecular weight excluding hydrogens is 242 g/mol. The molecule has 2 N–H and O–H groups in total. The Bertz CT molecular complexity index is 331. The second-order valence-electron chi connectivity index (χ2n) is 4.77. The van der Waals surface area contributed by atoms with Crippen LogP contribution in [0.3, 0.4) is 0 Å². The lowest BCUT2D eigenvalue weighted by Gasteiger charge is -2.28. The van der Waals surface area contributed by atoms with Crippen LogP contribution in [0.5, 0.6) is 5.75 Å². The lowest BCUT2D eigenvalue weighted by atomic mass is 10.00. The number of ether oxygens (including phenoxy) is 2. The van der Waals surface area contributed by atoms with E-state index in [1.54, 1.807) is 0 Å². The molecule has 0 bridgehead atoms. The molecule has 0 amide bonds. The molecule has 0 aliphatic rings. The zero-order valence-electron chi connectivity index (χ0n) is 11.9. The van der Waals surface area contributed by atoms with Crippen molar-refractivity contribution < 1.29 is 14.6 Å². The van der Waals surface area contributed by atoms with Gasteiger partial charge in [-0.3, -0.25) is 0 Å². The summed E-state index contributed by atoms with van der Waals surface area (Å²) >= 11 is 0. The molecule has 1 unspecified atom stereocenters. The van der Waals surface area contributed by atoms with Gasteiger partial charge in [-0.25, -0.2) is 0 Å². The lowest BCUT2D eigenvalue weighted by Crippen LogP contribution is -2.46. The SMILES string of the molecule is CCNC(C)(CO)CCOCCOc1ccccc1. The minimum Gasteiger partial charge on any atom is -0.491 e. The zero-order chi connectivity index (χ0) is 14.0. The van der Waals surface area contributed by atoms with E-state index < -0.39 is 0 Å². The van der Waals surface area contributed by atoms with E-state index in [2.05, 4.69) is 5.32 Å². The van der Waals surface area contributed by atoms with Crippen LogP contribution in [0.15, 0.2) is 30.3 Å². The van der Waals surface area contributed by atoms with Gasteiger partial charge in [0, 0.05) is 12.1 Å². The molecule has 0 aliphatic carbocycles. The second-order valence-corrected chi connectivity index (χ2v) is 4.77. The monoisotopic (exact) mass is 267 g/mol. The molecule has 4 heteroatoms. The number of aliphatic hydroxyl groups excluding tert-OH is 1. The van der Waals surface area contributed by atoms with Crippen LogP contribution < -0.4 is 10.1 Å². The highest BCUT2D eigenvalue weighted by molar-refractivity contribution is 5.20. The third-order valence-electron chi connectivity index (χ3n) is 2.99. The molecule has 0 spiro atoms. The van der Waals surface area contributed by atoms with E-state index >= 15 is 0 Å².